The van der Waals surface area contributed by atoms with Crippen molar-refractivity contribution < 1.29 is 18.3 Å². The molecule has 0 spiro atoms. The second-order valence-electron chi connectivity index (χ2n) is 10.1. The smallest absolute Gasteiger partial charge is 0.190 e. The van der Waals surface area contributed by atoms with Crippen LogP contribution in [-0.2, 0) is 11.2 Å². The van der Waals surface area contributed by atoms with Gasteiger partial charge in [-0.3, -0.25) is 0 Å². The predicted molar refractivity (Wildman–Crippen MR) is 155 cm³/mol. The first-order chi connectivity index (χ1) is 19.5. The van der Waals surface area contributed by atoms with Crippen LogP contribution in [0.25, 0.3) is 32.9 Å². The number of methoxy groups -OCH3 is 1. The molecule has 6 nitrogen and oxygen atoms in total. The van der Waals surface area contributed by atoms with E-state index in [1.807, 2.05) is 6.92 Å². The molecule has 0 radical (unpaired) electrons. The van der Waals surface area contributed by atoms with E-state index >= 15 is 4.39 Å². The van der Waals surface area contributed by atoms with E-state index in [1.54, 1.807) is 18.2 Å². The molecule has 1 fully saturated rings. The van der Waals surface area contributed by atoms with Gasteiger partial charge in [0.2, 0.25) is 0 Å². The highest BCUT2D eigenvalue weighted by molar-refractivity contribution is 7.99. The molecule has 0 amide bonds. The van der Waals surface area contributed by atoms with Crippen molar-refractivity contribution in [2.24, 2.45) is 0 Å². The number of nitrogens with zero attached hydrogens (tertiary/aromatic N) is 4. The zero-order chi connectivity index (χ0) is 27.8. The Hall–Kier alpha value is -3.48. The zero-order valence-electron chi connectivity index (χ0n) is 22.6. The maximum absolute atomic E-state index is 16.8. The monoisotopic (exact) mass is 560 g/mol. The molecule has 0 bridgehead atoms. The molecule has 4 heterocycles. The van der Waals surface area contributed by atoms with Gasteiger partial charge in [-0.1, -0.05) is 43.5 Å². The Morgan fingerprint density at radius 2 is 1.98 bits per heavy atom. The van der Waals surface area contributed by atoms with Crippen molar-refractivity contribution in [3.8, 4) is 29.4 Å². The first kappa shape index (κ1) is 26.7. The lowest BCUT2D eigenvalue weighted by Crippen LogP contribution is -2.35. The molecule has 9 heteroatoms. The number of anilines is 1. The lowest BCUT2D eigenvalue weighted by molar-refractivity contribution is 0.0512. The van der Waals surface area contributed by atoms with Crippen LogP contribution in [0.4, 0.5) is 14.6 Å². The van der Waals surface area contributed by atoms with Crippen LogP contribution in [-0.4, -0.2) is 47.2 Å². The second-order valence-corrected chi connectivity index (χ2v) is 11.4. The number of hydrogen-bond donors (Lipinski definition) is 0. The van der Waals surface area contributed by atoms with E-state index < -0.39 is 11.6 Å². The minimum Gasteiger partial charge on any atom is -0.468 e. The van der Waals surface area contributed by atoms with Crippen molar-refractivity contribution >= 4 is 39.3 Å². The highest BCUT2D eigenvalue weighted by Gasteiger charge is 2.32. The number of aromatic nitrogens is 3. The van der Waals surface area contributed by atoms with Gasteiger partial charge in [-0.25, -0.2) is 23.7 Å². The van der Waals surface area contributed by atoms with E-state index in [4.69, 9.17) is 30.8 Å². The highest BCUT2D eigenvalue weighted by Crippen LogP contribution is 2.42. The molecule has 2 aliphatic rings. The first-order valence-corrected chi connectivity index (χ1v) is 14.7. The van der Waals surface area contributed by atoms with Gasteiger partial charge in [0.15, 0.2) is 17.8 Å². The van der Waals surface area contributed by atoms with Crippen molar-refractivity contribution in [1.82, 2.24) is 15.0 Å². The number of thioether (sulfide) groups is 1. The lowest BCUT2D eigenvalue weighted by atomic mass is 9.95. The van der Waals surface area contributed by atoms with Crippen LogP contribution >= 0.6 is 11.8 Å². The molecule has 206 valence electrons. The van der Waals surface area contributed by atoms with Crippen LogP contribution in [0, 0.1) is 24.0 Å². The number of rotatable bonds is 6. The van der Waals surface area contributed by atoms with Gasteiger partial charge in [0.05, 0.1) is 16.6 Å². The van der Waals surface area contributed by atoms with Crippen LogP contribution in [0.1, 0.15) is 50.3 Å². The Morgan fingerprint density at radius 3 is 2.77 bits per heavy atom. The number of ether oxygens (including phenoxy) is 2. The molecule has 0 N–H and O–H groups in total. The van der Waals surface area contributed by atoms with Gasteiger partial charge in [0.25, 0.3) is 0 Å². The Morgan fingerprint density at radius 1 is 1.10 bits per heavy atom. The van der Waals surface area contributed by atoms with Crippen molar-refractivity contribution in [2.75, 3.05) is 31.1 Å². The van der Waals surface area contributed by atoms with Crippen LogP contribution in [0.15, 0.2) is 29.4 Å². The van der Waals surface area contributed by atoms with Gasteiger partial charge >= 0.3 is 0 Å². The normalized spacial score (nSPS) is 16.9. The first-order valence-electron chi connectivity index (χ1n) is 13.7. The summed E-state index contributed by atoms with van der Waals surface area (Å²) < 4.78 is 42.5. The highest BCUT2D eigenvalue weighted by atomic mass is 32.2. The summed E-state index contributed by atoms with van der Waals surface area (Å²) in [4.78, 5) is 16.9. The van der Waals surface area contributed by atoms with Crippen LogP contribution < -0.4 is 9.64 Å². The molecule has 2 aromatic heterocycles. The number of aryl methyl sites for hydroxylation is 1. The molecular formula is C31H30F2N4O2S. The molecule has 2 aromatic carbocycles. The number of fused-ring (bicyclic) bond motifs is 3. The van der Waals surface area contributed by atoms with E-state index in [2.05, 4.69) is 10.8 Å². The largest absolute Gasteiger partial charge is 0.468 e. The van der Waals surface area contributed by atoms with Crippen LogP contribution in [0.3, 0.4) is 0 Å². The van der Waals surface area contributed by atoms with Gasteiger partial charge in [0, 0.05) is 30.6 Å². The van der Waals surface area contributed by atoms with Gasteiger partial charge in [-0.2, -0.15) is 0 Å². The minimum absolute atomic E-state index is 0.00156. The van der Waals surface area contributed by atoms with E-state index in [-0.39, 0.29) is 23.6 Å². The molecular weight excluding hydrogens is 530 g/mol. The average Bonchev–Trinajstić information content (AvgIpc) is 3.28. The minimum atomic E-state index is -0.578. The summed E-state index contributed by atoms with van der Waals surface area (Å²) in [5.74, 6) is 3.30. The third-order valence-corrected chi connectivity index (χ3v) is 8.47. The molecule has 0 unspecified atom stereocenters. The SMILES string of the molecule is C#Cc1c(F)ccc2cc(OCOC)cc(-c3nc4c5c(nc(SCC)nc5c3F)N3CCCCC[C@H]3CC4)c12. The lowest BCUT2D eigenvalue weighted by Gasteiger charge is -2.30. The molecule has 1 saturated heterocycles. The maximum atomic E-state index is 16.8. The third kappa shape index (κ3) is 4.63. The Kier molecular flexibility index (Phi) is 7.47. The summed E-state index contributed by atoms with van der Waals surface area (Å²) in [5.41, 5.74) is 1.47. The average molecular weight is 561 g/mol. The fraction of sp³-hybridized carbons (Fsp3) is 0.387. The summed E-state index contributed by atoms with van der Waals surface area (Å²) in [5, 5.41) is 2.23. The summed E-state index contributed by atoms with van der Waals surface area (Å²) in [6, 6.07) is 6.63. The van der Waals surface area contributed by atoms with E-state index in [1.165, 1.54) is 31.4 Å². The topological polar surface area (TPSA) is 60.4 Å². The Bertz CT molecular complexity index is 1660. The standard InChI is InChI=1S/C31H30F2N4O2S/c1-4-21-23(32)12-10-18-15-20(39-17-38-3)16-22(25(18)21)28-27(33)29-26-24(34-28)13-11-19-9-7-6-8-14-37(19)30(26)36-31(35-29)40-5-2/h1,10,12,15-16,19H,5-9,11,13-14,17H2,2-3H3/t19-/m0/s1. The molecule has 1 atom stereocenters. The molecule has 4 aromatic rings. The Labute approximate surface area is 236 Å². The summed E-state index contributed by atoms with van der Waals surface area (Å²) in [7, 11) is 1.52. The van der Waals surface area contributed by atoms with Crippen molar-refractivity contribution in [3.05, 3.63) is 47.2 Å². The molecule has 2 aliphatic heterocycles. The zero-order valence-corrected chi connectivity index (χ0v) is 23.4. The van der Waals surface area contributed by atoms with Crippen LogP contribution in [0.2, 0.25) is 0 Å². The molecule has 0 aliphatic carbocycles. The number of hydrogen-bond acceptors (Lipinski definition) is 7. The van der Waals surface area contributed by atoms with Crippen molar-refractivity contribution in [1.29, 1.82) is 0 Å². The quantitative estimate of drug-likeness (QED) is 0.110. The Balaban J connectivity index is 1.67. The molecule has 6 rings (SSSR count). The van der Waals surface area contributed by atoms with Gasteiger partial charge < -0.3 is 14.4 Å². The molecule has 40 heavy (non-hydrogen) atoms. The predicted octanol–water partition coefficient (Wildman–Crippen LogP) is 6.89. The van der Waals surface area contributed by atoms with Crippen molar-refractivity contribution in [2.45, 2.75) is 56.6 Å². The second kappa shape index (κ2) is 11.2. The number of benzene rings is 2. The fourth-order valence-electron chi connectivity index (χ4n) is 5.98. The fourth-order valence-corrected chi connectivity index (χ4v) is 6.54. The van der Waals surface area contributed by atoms with E-state index in [9.17, 15) is 4.39 Å². The number of terminal acetylenes is 1. The summed E-state index contributed by atoms with van der Waals surface area (Å²) in [6.45, 7) is 2.90. The number of halogens is 2. The van der Waals surface area contributed by atoms with Crippen molar-refractivity contribution in [3.63, 3.8) is 0 Å². The van der Waals surface area contributed by atoms with Gasteiger partial charge in [-0.05, 0) is 55.0 Å². The summed E-state index contributed by atoms with van der Waals surface area (Å²) >= 11 is 1.49. The molecule has 0 saturated carbocycles. The van der Waals surface area contributed by atoms with Gasteiger partial charge in [-0.15, -0.1) is 6.42 Å². The van der Waals surface area contributed by atoms with Crippen LogP contribution in [0.5, 0.6) is 5.75 Å². The third-order valence-electron chi connectivity index (χ3n) is 7.74. The van der Waals surface area contributed by atoms with Gasteiger partial charge in [0.1, 0.15) is 28.6 Å². The maximum Gasteiger partial charge on any atom is 0.190 e. The number of pyridine rings is 1. The van der Waals surface area contributed by atoms with E-state index in [0.29, 0.717) is 45.1 Å². The van der Waals surface area contributed by atoms with E-state index in [0.717, 1.165) is 49.5 Å². The summed E-state index contributed by atoms with van der Waals surface area (Å²) in [6.07, 6.45) is 11.8.